The minimum Gasteiger partial charge on any atom is -0.258 e. The van der Waals surface area contributed by atoms with Crippen LogP contribution in [0, 0.1) is 30.3 Å². The summed E-state index contributed by atoms with van der Waals surface area (Å²) < 4.78 is 57.9. The van der Waals surface area contributed by atoms with Gasteiger partial charge in [-0.05, 0) is 54.7 Å². The summed E-state index contributed by atoms with van der Waals surface area (Å²) in [5.41, 5.74) is -1.14. The zero-order valence-corrected chi connectivity index (χ0v) is 25.9. The van der Waals surface area contributed by atoms with Crippen LogP contribution in [0.1, 0.15) is 0 Å². The van der Waals surface area contributed by atoms with Gasteiger partial charge in [-0.1, -0.05) is 29.5 Å². The molecule has 0 radical (unpaired) electrons. The molecule has 20 heteroatoms. The molecule has 0 bridgehead atoms. The average Bonchev–Trinajstić information content (AvgIpc) is 3.44. The number of hydrogen-bond acceptors (Lipinski definition) is 13. The molecule has 0 aliphatic heterocycles. The highest BCUT2D eigenvalue weighted by atomic mass is 32.2. The Balaban J connectivity index is 1.74. The van der Waals surface area contributed by atoms with Crippen LogP contribution in [0.25, 0.3) is 10.2 Å². The zero-order chi connectivity index (χ0) is 33.4. The lowest BCUT2D eigenvalue weighted by molar-refractivity contribution is -0.385. The lowest BCUT2D eigenvalue weighted by atomic mass is 10.3. The standard InChI is InChI=1S/C26H16N6O10S4/c33-30(34)18-6-11-21(12-7-18)45(39,40)28(17-4-2-1-3-5-17)26(43)29(46(41,42)22-13-8-19(9-14-22)31(35)36)25-27-23-15-10-20(32(37)38)16-24(23)44-25/h1-16H. The van der Waals surface area contributed by atoms with Gasteiger partial charge in [0.2, 0.25) is 10.2 Å². The second-order valence-corrected chi connectivity index (χ2v) is 14.0. The number of thiocarbonyl (C=S) groups is 1. The summed E-state index contributed by atoms with van der Waals surface area (Å²) in [4.78, 5) is 34.9. The third-order valence-electron chi connectivity index (χ3n) is 6.25. The summed E-state index contributed by atoms with van der Waals surface area (Å²) in [5, 5.41) is 32.5. The molecule has 0 saturated heterocycles. The number of nitrogens with zero attached hydrogens (tertiary/aromatic N) is 6. The van der Waals surface area contributed by atoms with Gasteiger partial charge in [0, 0.05) is 36.4 Å². The van der Waals surface area contributed by atoms with E-state index in [4.69, 9.17) is 12.2 Å². The van der Waals surface area contributed by atoms with Crippen LogP contribution < -0.4 is 8.61 Å². The van der Waals surface area contributed by atoms with Crippen molar-refractivity contribution in [1.82, 2.24) is 4.98 Å². The summed E-state index contributed by atoms with van der Waals surface area (Å²) in [6.07, 6.45) is 0. The van der Waals surface area contributed by atoms with Gasteiger partial charge in [0.1, 0.15) is 0 Å². The van der Waals surface area contributed by atoms with Crippen LogP contribution in [0.3, 0.4) is 0 Å². The maximum Gasteiger partial charge on any atom is 0.272 e. The maximum absolute atomic E-state index is 14.3. The molecule has 234 valence electrons. The van der Waals surface area contributed by atoms with Gasteiger partial charge in [-0.2, -0.15) is 4.31 Å². The number of nitro groups is 3. The number of hydrogen-bond donors (Lipinski definition) is 0. The Bertz CT molecular complexity index is 2240. The summed E-state index contributed by atoms with van der Waals surface area (Å²) >= 11 is 6.26. The molecule has 46 heavy (non-hydrogen) atoms. The molecule has 0 spiro atoms. The molecule has 0 atom stereocenters. The van der Waals surface area contributed by atoms with E-state index in [-0.39, 0.29) is 21.6 Å². The van der Waals surface area contributed by atoms with Crippen LogP contribution >= 0.6 is 23.6 Å². The molecule has 0 aliphatic rings. The molecule has 1 aromatic heterocycles. The van der Waals surface area contributed by atoms with E-state index in [9.17, 15) is 47.2 Å². The van der Waals surface area contributed by atoms with Gasteiger partial charge in [-0.25, -0.2) is 26.1 Å². The van der Waals surface area contributed by atoms with Crippen LogP contribution in [0.4, 0.5) is 27.9 Å². The Morgan fingerprint density at radius 1 is 0.652 bits per heavy atom. The molecule has 0 N–H and O–H groups in total. The first-order chi connectivity index (χ1) is 21.7. The van der Waals surface area contributed by atoms with Crippen molar-refractivity contribution >= 4 is 86.8 Å². The number of thiazole rings is 1. The monoisotopic (exact) mass is 700 g/mol. The predicted molar refractivity (Wildman–Crippen MR) is 171 cm³/mol. The van der Waals surface area contributed by atoms with Crippen molar-refractivity contribution in [2.24, 2.45) is 0 Å². The molecule has 0 amide bonds. The van der Waals surface area contributed by atoms with E-state index < -0.39 is 66.2 Å². The first-order valence-electron chi connectivity index (χ1n) is 12.5. The maximum atomic E-state index is 14.3. The fraction of sp³-hybridized carbons (Fsp3) is 0. The van der Waals surface area contributed by atoms with E-state index in [0.29, 0.717) is 19.9 Å². The number of anilines is 2. The van der Waals surface area contributed by atoms with Gasteiger partial charge in [0.15, 0.2) is 0 Å². The van der Waals surface area contributed by atoms with Crippen LogP contribution in [-0.4, -0.2) is 41.7 Å². The summed E-state index contributed by atoms with van der Waals surface area (Å²) in [5.74, 6) is 0. The highest BCUT2D eigenvalue weighted by Crippen LogP contribution is 2.37. The third-order valence-corrected chi connectivity index (χ3v) is 11.4. The molecular weight excluding hydrogens is 685 g/mol. The van der Waals surface area contributed by atoms with Gasteiger partial charge in [-0.15, -0.1) is 0 Å². The first-order valence-corrected chi connectivity index (χ1v) is 16.6. The number of non-ortho nitro benzene ring substituents is 3. The van der Waals surface area contributed by atoms with E-state index in [2.05, 4.69) is 4.98 Å². The Morgan fingerprint density at radius 2 is 1.11 bits per heavy atom. The van der Waals surface area contributed by atoms with E-state index in [1.54, 1.807) is 6.07 Å². The normalized spacial score (nSPS) is 11.6. The number of fused-ring (bicyclic) bond motifs is 1. The van der Waals surface area contributed by atoms with E-state index in [0.717, 1.165) is 60.7 Å². The molecule has 5 rings (SSSR count). The molecule has 0 unspecified atom stereocenters. The van der Waals surface area contributed by atoms with Gasteiger partial charge in [-0.3, -0.25) is 30.3 Å². The third kappa shape index (κ3) is 5.96. The Labute approximate surface area is 268 Å². The SMILES string of the molecule is O=[N+]([O-])c1ccc(S(=O)(=O)N(C(=S)N(c2nc3ccc([N+](=O)[O-])cc3s2)S(=O)(=O)c2ccc([N+](=O)[O-])cc2)c2ccccc2)cc1. The number of nitro benzene ring substituents is 3. The van der Waals surface area contributed by atoms with Crippen LogP contribution in [0.15, 0.2) is 107 Å². The predicted octanol–water partition coefficient (Wildman–Crippen LogP) is 5.40. The summed E-state index contributed by atoms with van der Waals surface area (Å²) in [7, 11) is -9.69. The highest BCUT2D eigenvalue weighted by Gasteiger charge is 2.40. The topological polar surface area (TPSA) is 217 Å². The van der Waals surface area contributed by atoms with Gasteiger partial charge >= 0.3 is 0 Å². The number of sulfonamides is 2. The van der Waals surface area contributed by atoms with Gasteiger partial charge < -0.3 is 0 Å². The van der Waals surface area contributed by atoms with Crippen molar-refractivity contribution in [3.05, 3.63) is 127 Å². The molecule has 0 aliphatic carbocycles. The molecule has 0 fully saturated rings. The van der Waals surface area contributed by atoms with Crippen molar-refractivity contribution < 1.29 is 31.6 Å². The molecule has 0 saturated carbocycles. The quantitative estimate of drug-likeness (QED) is 0.107. The fourth-order valence-electron chi connectivity index (χ4n) is 4.08. The number of benzene rings is 4. The fourth-order valence-corrected chi connectivity index (χ4v) is 8.88. The Morgan fingerprint density at radius 3 is 1.59 bits per heavy atom. The number of para-hydroxylation sites is 1. The smallest absolute Gasteiger partial charge is 0.258 e. The summed E-state index contributed by atoms with van der Waals surface area (Å²) in [6.45, 7) is 0. The number of aromatic nitrogens is 1. The van der Waals surface area contributed by atoms with Crippen molar-refractivity contribution in [3.8, 4) is 0 Å². The van der Waals surface area contributed by atoms with Crippen molar-refractivity contribution in [2.45, 2.75) is 9.79 Å². The lowest BCUT2D eigenvalue weighted by Gasteiger charge is -2.31. The van der Waals surface area contributed by atoms with E-state index in [1.165, 1.54) is 30.3 Å². The largest absolute Gasteiger partial charge is 0.272 e. The molecular formula is C26H16N6O10S4. The summed E-state index contributed by atoms with van der Waals surface area (Å²) in [6, 6.07) is 18.2. The second-order valence-electron chi connectivity index (χ2n) is 9.06. The van der Waals surface area contributed by atoms with Crippen LogP contribution in [0.5, 0.6) is 0 Å². The minimum absolute atomic E-state index is 0.119. The average molecular weight is 701 g/mol. The van der Waals surface area contributed by atoms with E-state index in [1.807, 2.05) is 0 Å². The van der Waals surface area contributed by atoms with E-state index >= 15 is 0 Å². The van der Waals surface area contributed by atoms with Gasteiger partial charge in [0.05, 0.1) is 40.5 Å². The van der Waals surface area contributed by atoms with Crippen LogP contribution in [-0.2, 0) is 20.0 Å². The zero-order valence-electron chi connectivity index (χ0n) is 22.6. The Kier molecular flexibility index (Phi) is 8.45. The molecule has 4 aromatic carbocycles. The van der Waals surface area contributed by atoms with Crippen molar-refractivity contribution in [2.75, 3.05) is 8.61 Å². The number of rotatable bonds is 9. The second kappa shape index (κ2) is 12.2. The molecule has 5 aromatic rings. The highest BCUT2D eigenvalue weighted by molar-refractivity contribution is 7.98. The molecule has 16 nitrogen and oxygen atoms in total. The van der Waals surface area contributed by atoms with Gasteiger partial charge in [0.25, 0.3) is 37.1 Å². The minimum atomic E-state index is -4.90. The van der Waals surface area contributed by atoms with Crippen molar-refractivity contribution in [3.63, 3.8) is 0 Å². The first kappa shape index (κ1) is 32.0. The Hall–Kier alpha value is -5.44. The molecule has 1 heterocycles. The van der Waals surface area contributed by atoms with Crippen molar-refractivity contribution in [1.29, 1.82) is 0 Å². The van der Waals surface area contributed by atoms with Crippen LogP contribution in [0.2, 0.25) is 0 Å². The lowest BCUT2D eigenvalue weighted by Crippen LogP contribution is -2.49.